The molecule has 0 aliphatic carbocycles. The van der Waals surface area contributed by atoms with Crippen molar-refractivity contribution in [2.75, 3.05) is 0 Å². The number of hydrogen-bond acceptors (Lipinski definition) is 2. The third-order valence-electron chi connectivity index (χ3n) is 5.22. The first kappa shape index (κ1) is 26.2. The van der Waals surface area contributed by atoms with E-state index in [2.05, 4.69) is 46.8 Å². The Kier molecular flexibility index (Phi) is 18.0. The number of unbranched alkanes of at least 4 members (excludes halogenated alkanes) is 11. The number of carbonyl (C=O) groups excluding carboxylic acids is 1. The molecular formula is C25H48O2. The van der Waals surface area contributed by atoms with Crippen molar-refractivity contribution in [1.82, 2.24) is 0 Å². The van der Waals surface area contributed by atoms with Crippen LogP contribution < -0.4 is 0 Å². The van der Waals surface area contributed by atoms with Crippen molar-refractivity contribution in [1.29, 1.82) is 0 Å². The largest absolute Gasteiger partial charge is 0.462 e. The van der Waals surface area contributed by atoms with E-state index in [9.17, 15) is 4.79 Å². The second-order valence-corrected chi connectivity index (χ2v) is 8.78. The molecule has 0 atom stereocenters. The van der Waals surface area contributed by atoms with E-state index >= 15 is 0 Å². The Bertz CT molecular complexity index is 349. The number of carbonyl (C=O) groups is 1. The second-order valence-electron chi connectivity index (χ2n) is 8.78. The average molecular weight is 381 g/mol. The van der Waals surface area contributed by atoms with Crippen molar-refractivity contribution in [2.45, 2.75) is 131 Å². The Balaban J connectivity index is 3.41. The van der Waals surface area contributed by atoms with Crippen LogP contribution in [0.1, 0.15) is 125 Å². The molecule has 2 nitrogen and oxygen atoms in total. The van der Waals surface area contributed by atoms with Gasteiger partial charge in [0, 0.05) is 6.42 Å². The highest BCUT2D eigenvalue weighted by Gasteiger charge is 2.21. The molecule has 0 radical (unpaired) electrons. The lowest BCUT2D eigenvalue weighted by Crippen LogP contribution is -2.28. The van der Waals surface area contributed by atoms with E-state index in [0.29, 0.717) is 18.3 Å². The Hall–Kier alpha value is -0.790. The van der Waals surface area contributed by atoms with Crippen LogP contribution in [0.4, 0.5) is 0 Å². The van der Waals surface area contributed by atoms with Crippen molar-refractivity contribution in [3.8, 4) is 0 Å². The summed E-state index contributed by atoms with van der Waals surface area (Å²) in [5.41, 5.74) is 0. The van der Waals surface area contributed by atoms with E-state index in [1.807, 2.05) is 0 Å². The SMILES string of the molecule is CCCCC/C=C\CCCCCCCCCCC(=O)OC(C(C)C)C(C)C. The topological polar surface area (TPSA) is 26.3 Å². The van der Waals surface area contributed by atoms with E-state index in [1.165, 1.54) is 70.6 Å². The summed E-state index contributed by atoms with van der Waals surface area (Å²) in [7, 11) is 0. The number of hydrogen-bond donors (Lipinski definition) is 0. The van der Waals surface area contributed by atoms with E-state index in [4.69, 9.17) is 4.74 Å². The van der Waals surface area contributed by atoms with Crippen LogP contribution in [-0.4, -0.2) is 12.1 Å². The number of ether oxygens (including phenoxy) is 1. The van der Waals surface area contributed by atoms with Crippen molar-refractivity contribution in [3.63, 3.8) is 0 Å². The van der Waals surface area contributed by atoms with Crippen molar-refractivity contribution in [3.05, 3.63) is 12.2 Å². The molecular weight excluding hydrogens is 332 g/mol. The molecule has 0 rings (SSSR count). The van der Waals surface area contributed by atoms with Crippen LogP contribution in [0.3, 0.4) is 0 Å². The smallest absolute Gasteiger partial charge is 0.306 e. The summed E-state index contributed by atoms with van der Waals surface area (Å²) in [6, 6.07) is 0. The van der Waals surface area contributed by atoms with Gasteiger partial charge in [0.05, 0.1) is 0 Å². The molecule has 27 heavy (non-hydrogen) atoms. The van der Waals surface area contributed by atoms with Crippen LogP contribution in [0.5, 0.6) is 0 Å². The van der Waals surface area contributed by atoms with Gasteiger partial charge in [0.2, 0.25) is 0 Å². The van der Waals surface area contributed by atoms with Gasteiger partial charge in [-0.25, -0.2) is 0 Å². The van der Waals surface area contributed by atoms with Gasteiger partial charge in [-0.15, -0.1) is 0 Å². The summed E-state index contributed by atoms with van der Waals surface area (Å²) in [6.07, 6.45) is 22.0. The van der Waals surface area contributed by atoms with E-state index in [0.717, 1.165) is 12.8 Å². The van der Waals surface area contributed by atoms with E-state index in [1.54, 1.807) is 0 Å². The maximum Gasteiger partial charge on any atom is 0.306 e. The molecule has 0 aliphatic heterocycles. The highest BCUT2D eigenvalue weighted by Crippen LogP contribution is 2.18. The minimum Gasteiger partial charge on any atom is -0.462 e. The molecule has 0 aromatic carbocycles. The van der Waals surface area contributed by atoms with E-state index in [-0.39, 0.29) is 12.1 Å². The minimum atomic E-state index is -0.00912. The molecule has 0 aliphatic rings. The molecule has 0 N–H and O–H groups in total. The fraction of sp³-hybridized carbons (Fsp3) is 0.880. The quantitative estimate of drug-likeness (QED) is 0.136. The molecule has 0 aromatic rings. The monoisotopic (exact) mass is 380 g/mol. The third kappa shape index (κ3) is 17.1. The second kappa shape index (κ2) is 18.6. The predicted octanol–water partition coefficient (Wildman–Crippen LogP) is 8.25. The van der Waals surface area contributed by atoms with Crippen LogP contribution in [0, 0.1) is 11.8 Å². The maximum absolute atomic E-state index is 12.0. The van der Waals surface area contributed by atoms with Gasteiger partial charge in [-0.3, -0.25) is 4.79 Å². The summed E-state index contributed by atoms with van der Waals surface area (Å²) < 4.78 is 5.65. The zero-order valence-electron chi connectivity index (χ0n) is 19.1. The van der Waals surface area contributed by atoms with Gasteiger partial charge in [-0.1, -0.05) is 98.1 Å². The van der Waals surface area contributed by atoms with Crippen LogP contribution >= 0.6 is 0 Å². The number of allylic oxidation sites excluding steroid dienone is 2. The normalized spacial score (nSPS) is 12.0. The third-order valence-corrected chi connectivity index (χ3v) is 5.22. The molecule has 2 heteroatoms. The van der Waals surface area contributed by atoms with Crippen LogP contribution in [-0.2, 0) is 9.53 Å². The fourth-order valence-electron chi connectivity index (χ4n) is 3.59. The molecule has 0 saturated heterocycles. The van der Waals surface area contributed by atoms with Crippen molar-refractivity contribution in [2.24, 2.45) is 11.8 Å². The van der Waals surface area contributed by atoms with Gasteiger partial charge >= 0.3 is 5.97 Å². The highest BCUT2D eigenvalue weighted by atomic mass is 16.5. The molecule has 160 valence electrons. The number of rotatable bonds is 18. The number of esters is 1. The lowest BCUT2D eigenvalue weighted by atomic mass is 9.96. The first-order chi connectivity index (χ1) is 13.0. The van der Waals surface area contributed by atoms with Crippen molar-refractivity contribution >= 4 is 5.97 Å². The van der Waals surface area contributed by atoms with Gasteiger partial charge in [-0.05, 0) is 43.9 Å². The Morgan fingerprint density at radius 1 is 0.704 bits per heavy atom. The average Bonchev–Trinajstić information content (AvgIpc) is 2.62. The highest BCUT2D eigenvalue weighted by molar-refractivity contribution is 5.69. The van der Waals surface area contributed by atoms with Gasteiger partial charge in [0.1, 0.15) is 6.10 Å². The maximum atomic E-state index is 12.0. The van der Waals surface area contributed by atoms with Crippen LogP contribution in [0.25, 0.3) is 0 Å². The minimum absolute atomic E-state index is 0.00912. The summed E-state index contributed by atoms with van der Waals surface area (Å²) >= 11 is 0. The van der Waals surface area contributed by atoms with Gasteiger partial charge in [-0.2, -0.15) is 0 Å². The van der Waals surface area contributed by atoms with Gasteiger partial charge in [0.15, 0.2) is 0 Å². The van der Waals surface area contributed by atoms with Gasteiger partial charge < -0.3 is 4.74 Å². The Labute approximate surface area is 170 Å². The first-order valence-corrected chi connectivity index (χ1v) is 11.8. The van der Waals surface area contributed by atoms with Crippen molar-refractivity contribution < 1.29 is 9.53 Å². The summed E-state index contributed by atoms with van der Waals surface area (Å²) in [4.78, 5) is 12.0. The molecule has 0 fully saturated rings. The molecule has 0 bridgehead atoms. The Morgan fingerprint density at radius 3 is 1.63 bits per heavy atom. The predicted molar refractivity (Wildman–Crippen MR) is 119 cm³/mol. The van der Waals surface area contributed by atoms with E-state index < -0.39 is 0 Å². The summed E-state index contributed by atoms with van der Waals surface area (Å²) in [6.45, 7) is 10.8. The lowest BCUT2D eigenvalue weighted by Gasteiger charge is -2.24. The first-order valence-electron chi connectivity index (χ1n) is 11.8. The zero-order valence-corrected chi connectivity index (χ0v) is 19.1. The van der Waals surface area contributed by atoms with Crippen LogP contribution in [0.15, 0.2) is 12.2 Å². The molecule has 0 amide bonds. The summed E-state index contributed by atoms with van der Waals surface area (Å²) in [5.74, 6) is 0.779. The lowest BCUT2D eigenvalue weighted by molar-refractivity contribution is -0.154. The molecule has 0 saturated carbocycles. The zero-order chi connectivity index (χ0) is 20.3. The van der Waals surface area contributed by atoms with Crippen LogP contribution in [0.2, 0.25) is 0 Å². The Morgan fingerprint density at radius 2 is 1.15 bits per heavy atom. The fourth-order valence-corrected chi connectivity index (χ4v) is 3.59. The molecule has 0 spiro atoms. The summed E-state index contributed by atoms with van der Waals surface area (Å²) in [5, 5.41) is 0. The van der Waals surface area contributed by atoms with Gasteiger partial charge in [0.25, 0.3) is 0 Å². The standard InChI is InChI=1S/C25H48O2/c1-6-7-8-9-10-11-12-13-14-15-16-17-18-19-20-21-24(26)27-25(22(2)3)23(4)5/h10-11,22-23,25H,6-9,12-21H2,1-5H3/b11-10-. The molecule has 0 aromatic heterocycles. The molecule has 0 unspecified atom stereocenters. The molecule has 0 heterocycles.